The van der Waals surface area contributed by atoms with Crippen molar-refractivity contribution in [1.29, 1.82) is 0 Å². The lowest BCUT2D eigenvalue weighted by Crippen LogP contribution is -2.32. The van der Waals surface area contributed by atoms with Gasteiger partial charge in [0.15, 0.2) is 0 Å². The first kappa shape index (κ1) is 9.58. The van der Waals surface area contributed by atoms with Crippen molar-refractivity contribution in [1.82, 2.24) is 0 Å². The molecule has 1 aliphatic carbocycles. The number of allylic oxidation sites excluding steroid dienone is 4. The van der Waals surface area contributed by atoms with Crippen LogP contribution in [-0.2, 0) is 14.4 Å². The summed E-state index contributed by atoms with van der Waals surface area (Å²) in [7, 11) is 0. The fraction of sp³-hybridized carbons (Fsp3) is 0.300. The SMILES string of the molecule is CC=C1CC(=CC)C(=O)C(=O)C1=O. The second kappa shape index (κ2) is 3.47. The van der Waals surface area contributed by atoms with E-state index in [-0.39, 0.29) is 6.42 Å². The summed E-state index contributed by atoms with van der Waals surface area (Å²) < 4.78 is 0. The van der Waals surface area contributed by atoms with E-state index in [1.807, 2.05) is 0 Å². The molecule has 13 heavy (non-hydrogen) atoms. The van der Waals surface area contributed by atoms with Crippen LogP contribution in [-0.4, -0.2) is 17.3 Å². The van der Waals surface area contributed by atoms with Crippen LogP contribution in [0.3, 0.4) is 0 Å². The third kappa shape index (κ3) is 1.49. The molecule has 0 aromatic heterocycles. The monoisotopic (exact) mass is 178 g/mol. The first-order valence-corrected chi connectivity index (χ1v) is 4.05. The van der Waals surface area contributed by atoms with E-state index in [1.54, 1.807) is 26.0 Å². The second-order valence-corrected chi connectivity index (χ2v) is 2.79. The lowest BCUT2D eigenvalue weighted by atomic mass is 9.87. The molecule has 1 saturated carbocycles. The Bertz CT molecular complexity index is 305. The molecular weight excluding hydrogens is 168 g/mol. The largest absolute Gasteiger partial charge is 0.285 e. The number of hydrogen-bond acceptors (Lipinski definition) is 3. The molecule has 3 nitrogen and oxygen atoms in total. The molecule has 0 spiro atoms. The fourth-order valence-corrected chi connectivity index (χ4v) is 1.23. The van der Waals surface area contributed by atoms with E-state index in [2.05, 4.69) is 0 Å². The molecule has 0 aromatic carbocycles. The lowest BCUT2D eigenvalue weighted by Gasteiger charge is -2.12. The van der Waals surface area contributed by atoms with Gasteiger partial charge in [-0.1, -0.05) is 12.2 Å². The predicted octanol–water partition coefficient (Wildman–Crippen LogP) is 0.990. The fourth-order valence-electron chi connectivity index (χ4n) is 1.23. The molecule has 0 N–H and O–H groups in total. The van der Waals surface area contributed by atoms with Gasteiger partial charge in [0.1, 0.15) is 0 Å². The van der Waals surface area contributed by atoms with E-state index in [0.29, 0.717) is 11.1 Å². The summed E-state index contributed by atoms with van der Waals surface area (Å²) in [6, 6.07) is 0. The Balaban J connectivity index is 3.13. The Kier molecular flexibility index (Phi) is 2.56. The molecule has 1 aliphatic rings. The molecule has 3 heteroatoms. The summed E-state index contributed by atoms with van der Waals surface area (Å²) in [5.74, 6) is -2.22. The van der Waals surface area contributed by atoms with Crippen LogP contribution in [0.2, 0.25) is 0 Å². The molecule has 1 rings (SSSR count). The molecule has 0 aromatic rings. The minimum absolute atomic E-state index is 0.288. The quantitative estimate of drug-likeness (QED) is 0.410. The molecule has 68 valence electrons. The van der Waals surface area contributed by atoms with Gasteiger partial charge in [-0.05, 0) is 13.8 Å². The van der Waals surface area contributed by atoms with E-state index in [9.17, 15) is 14.4 Å². The van der Waals surface area contributed by atoms with E-state index < -0.39 is 17.3 Å². The highest BCUT2D eigenvalue weighted by atomic mass is 16.2. The van der Waals surface area contributed by atoms with Gasteiger partial charge in [-0.25, -0.2) is 0 Å². The maximum absolute atomic E-state index is 11.2. The van der Waals surface area contributed by atoms with Crippen LogP contribution in [0.25, 0.3) is 0 Å². The first-order valence-electron chi connectivity index (χ1n) is 4.05. The second-order valence-electron chi connectivity index (χ2n) is 2.79. The van der Waals surface area contributed by atoms with Gasteiger partial charge in [0.05, 0.1) is 0 Å². The van der Waals surface area contributed by atoms with Crippen molar-refractivity contribution >= 4 is 17.3 Å². The van der Waals surface area contributed by atoms with E-state index in [4.69, 9.17) is 0 Å². The van der Waals surface area contributed by atoms with E-state index >= 15 is 0 Å². The van der Waals surface area contributed by atoms with Gasteiger partial charge in [-0.15, -0.1) is 0 Å². The molecule has 0 unspecified atom stereocenters. The normalized spacial score (nSPS) is 24.6. The van der Waals surface area contributed by atoms with Crippen LogP contribution < -0.4 is 0 Å². The Hall–Kier alpha value is -1.51. The van der Waals surface area contributed by atoms with Gasteiger partial charge < -0.3 is 0 Å². The van der Waals surface area contributed by atoms with Crippen molar-refractivity contribution in [3.63, 3.8) is 0 Å². The molecule has 0 radical (unpaired) electrons. The molecule has 1 fully saturated rings. The molecule has 0 amide bonds. The Morgan fingerprint density at radius 1 is 0.846 bits per heavy atom. The van der Waals surface area contributed by atoms with Crippen molar-refractivity contribution in [3.05, 3.63) is 23.3 Å². The molecule has 0 saturated heterocycles. The van der Waals surface area contributed by atoms with E-state index in [0.717, 1.165) is 0 Å². The molecule has 0 aliphatic heterocycles. The Morgan fingerprint density at radius 2 is 1.23 bits per heavy atom. The molecular formula is C10H10O3. The van der Waals surface area contributed by atoms with Gasteiger partial charge in [-0.2, -0.15) is 0 Å². The van der Waals surface area contributed by atoms with Gasteiger partial charge in [0.25, 0.3) is 5.78 Å². The minimum atomic E-state index is -0.910. The van der Waals surface area contributed by atoms with Gasteiger partial charge >= 0.3 is 0 Å². The standard InChI is InChI=1S/C10H10O3/c1-3-6-5-7(4-2)9(12)10(13)8(6)11/h3-4H,5H2,1-2H3. The average molecular weight is 178 g/mol. The summed E-state index contributed by atoms with van der Waals surface area (Å²) in [4.78, 5) is 33.4. The number of hydrogen-bond donors (Lipinski definition) is 0. The third-order valence-electron chi connectivity index (χ3n) is 2.07. The number of carbonyl (C=O) groups is 3. The maximum Gasteiger partial charge on any atom is 0.273 e. The highest BCUT2D eigenvalue weighted by Gasteiger charge is 2.33. The van der Waals surface area contributed by atoms with Crippen molar-refractivity contribution in [2.75, 3.05) is 0 Å². The number of carbonyl (C=O) groups excluding carboxylic acids is 3. The zero-order chi connectivity index (χ0) is 10.0. The van der Waals surface area contributed by atoms with Crippen LogP contribution in [0.15, 0.2) is 23.3 Å². The Labute approximate surface area is 76.1 Å². The van der Waals surface area contributed by atoms with Crippen molar-refractivity contribution < 1.29 is 14.4 Å². The van der Waals surface area contributed by atoms with Crippen molar-refractivity contribution in [3.8, 4) is 0 Å². The third-order valence-corrected chi connectivity index (χ3v) is 2.07. The lowest BCUT2D eigenvalue weighted by molar-refractivity contribution is -0.142. The minimum Gasteiger partial charge on any atom is -0.285 e. The Morgan fingerprint density at radius 3 is 1.54 bits per heavy atom. The predicted molar refractivity (Wildman–Crippen MR) is 47.2 cm³/mol. The highest BCUT2D eigenvalue weighted by molar-refractivity contribution is 6.71. The van der Waals surface area contributed by atoms with Gasteiger partial charge in [-0.3, -0.25) is 14.4 Å². The van der Waals surface area contributed by atoms with Crippen LogP contribution in [0, 0.1) is 0 Å². The van der Waals surface area contributed by atoms with Crippen molar-refractivity contribution in [2.24, 2.45) is 0 Å². The summed E-state index contributed by atoms with van der Waals surface area (Å²) in [6.45, 7) is 3.37. The van der Waals surface area contributed by atoms with Gasteiger partial charge in [0, 0.05) is 17.6 Å². The first-order chi connectivity index (χ1) is 6.11. The summed E-state index contributed by atoms with van der Waals surface area (Å²) >= 11 is 0. The van der Waals surface area contributed by atoms with Crippen LogP contribution in [0.5, 0.6) is 0 Å². The topological polar surface area (TPSA) is 51.2 Å². The summed E-state index contributed by atoms with van der Waals surface area (Å²) in [5, 5.41) is 0. The molecule has 0 atom stereocenters. The summed E-state index contributed by atoms with van der Waals surface area (Å²) in [6.07, 6.45) is 3.45. The number of rotatable bonds is 0. The zero-order valence-electron chi connectivity index (χ0n) is 7.59. The van der Waals surface area contributed by atoms with E-state index in [1.165, 1.54) is 0 Å². The summed E-state index contributed by atoms with van der Waals surface area (Å²) in [5.41, 5.74) is 0.829. The van der Waals surface area contributed by atoms with Crippen molar-refractivity contribution in [2.45, 2.75) is 20.3 Å². The van der Waals surface area contributed by atoms with Crippen LogP contribution in [0.1, 0.15) is 20.3 Å². The average Bonchev–Trinajstić information content (AvgIpc) is 2.15. The van der Waals surface area contributed by atoms with Crippen LogP contribution in [0.4, 0.5) is 0 Å². The maximum atomic E-state index is 11.2. The highest BCUT2D eigenvalue weighted by Crippen LogP contribution is 2.20. The zero-order valence-corrected chi connectivity index (χ0v) is 7.59. The molecule has 0 bridgehead atoms. The smallest absolute Gasteiger partial charge is 0.273 e. The molecule has 0 heterocycles. The van der Waals surface area contributed by atoms with Gasteiger partial charge in [0.2, 0.25) is 11.6 Å². The van der Waals surface area contributed by atoms with Crippen LogP contribution >= 0.6 is 0 Å². The number of ketones is 3. The number of Topliss-reactive ketones (excluding diaryl/α,β-unsaturated/α-hetero) is 3.